The van der Waals surface area contributed by atoms with Crippen LogP contribution in [0.1, 0.15) is 10.4 Å². The SMILES string of the molecule is Nc1ncc([N+](=O)[O-])cc1NC(=O)c1ccc([N+](=O)[O-])cc1. The molecular weight excluding hydrogens is 294 g/mol. The van der Waals surface area contributed by atoms with Crippen LogP contribution >= 0.6 is 0 Å². The standard InChI is InChI=1S/C12H9N5O5/c13-11-10(5-9(6-14-11)17(21)22)15-12(18)7-1-3-8(4-2-7)16(19)20/h1-6H,(H2,13,14)(H,15,18). The van der Waals surface area contributed by atoms with Crippen molar-refractivity contribution in [2.45, 2.75) is 0 Å². The Kier molecular flexibility index (Phi) is 3.93. The molecule has 1 aromatic carbocycles. The van der Waals surface area contributed by atoms with E-state index in [2.05, 4.69) is 10.3 Å². The zero-order chi connectivity index (χ0) is 16.3. The first kappa shape index (κ1) is 14.8. The summed E-state index contributed by atoms with van der Waals surface area (Å²) in [5.74, 6) is -0.704. The number of nitrogen functional groups attached to an aromatic ring is 1. The molecule has 2 rings (SSSR count). The topological polar surface area (TPSA) is 154 Å². The third kappa shape index (κ3) is 3.12. The number of pyridine rings is 1. The monoisotopic (exact) mass is 303 g/mol. The van der Waals surface area contributed by atoms with Crippen LogP contribution in [-0.4, -0.2) is 20.7 Å². The molecule has 0 saturated heterocycles. The summed E-state index contributed by atoms with van der Waals surface area (Å²) >= 11 is 0. The number of nitrogens with zero attached hydrogens (tertiary/aromatic N) is 3. The molecule has 10 nitrogen and oxygen atoms in total. The van der Waals surface area contributed by atoms with Gasteiger partial charge in [0, 0.05) is 23.8 Å². The molecule has 0 atom stereocenters. The molecule has 0 saturated carbocycles. The summed E-state index contributed by atoms with van der Waals surface area (Å²) in [4.78, 5) is 35.6. The van der Waals surface area contributed by atoms with Crippen molar-refractivity contribution in [2.75, 3.05) is 11.1 Å². The number of amides is 1. The third-order valence-electron chi connectivity index (χ3n) is 2.70. The summed E-state index contributed by atoms with van der Waals surface area (Å²) in [6, 6.07) is 5.93. The molecule has 1 heterocycles. The maximum absolute atomic E-state index is 12.0. The van der Waals surface area contributed by atoms with Gasteiger partial charge in [0.15, 0.2) is 0 Å². The van der Waals surface area contributed by atoms with Gasteiger partial charge >= 0.3 is 0 Å². The fourth-order valence-corrected chi connectivity index (χ4v) is 1.59. The zero-order valence-electron chi connectivity index (χ0n) is 10.9. The zero-order valence-corrected chi connectivity index (χ0v) is 10.9. The van der Waals surface area contributed by atoms with Crippen LogP contribution in [0.15, 0.2) is 36.5 Å². The number of hydrogen-bond donors (Lipinski definition) is 2. The number of anilines is 2. The molecule has 10 heteroatoms. The maximum Gasteiger partial charge on any atom is 0.289 e. The smallest absolute Gasteiger partial charge is 0.289 e. The number of nitrogens with two attached hydrogens (primary N) is 1. The lowest BCUT2D eigenvalue weighted by molar-refractivity contribution is -0.385. The van der Waals surface area contributed by atoms with E-state index >= 15 is 0 Å². The number of nitro groups is 2. The molecule has 1 aromatic heterocycles. The van der Waals surface area contributed by atoms with Crippen molar-refractivity contribution in [3.05, 3.63) is 62.3 Å². The number of aromatic nitrogens is 1. The van der Waals surface area contributed by atoms with Crippen LogP contribution in [-0.2, 0) is 0 Å². The van der Waals surface area contributed by atoms with Gasteiger partial charge in [-0.2, -0.15) is 0 Å². The normalized spacial score (nSPS) is 10.0. The molecule has 0 unspecified atom stereocenters. The van der Waals surface area contributed by atoms with E-state index < -0.39 is 15.8 Å². The van der Waals surface area contributed by atoms with E-state index in [-0.39, 0.29) is 28.4 Å². The number of nitro benzene ring substituents is 1. The lowest BCUT2D eigenvalue weighted by atomic mass is 10.2. The summed E-state index contributed by atoms with van der Waals surface area (Å²) < 4.78 is 0. The molecule has 0 aliphatic heterocycles. The lowest BCUT2D eigenvalue weighted by Crippen LogP contribution is -2.14. The van der Waals surface area contributed by atoms with Gasteiger partial charge in [-0.05, 0) is 12.1 Å². The van der Waals surface area contributed by atoms with Gasteiger partial charge in [0.25, 0.3) is 17.3 Å². The van der Waals surface area contributed by atoms with Crippen LogP contribution < -0.4 is 11.1 Å². The molecule has 0 fully saturated rings. The number of rotatable bonds is 4. The second kappa shape index (κ2) is 5.83. The summed E-state index contributed by atoms with van der Waals surface area (Å²) in [6.45, 7) is 0. The second-order valence-corrected chi connectivity index (χ2v) is 4.14. The van der Waals surface area contributed by atoms with Crippen LogP contribution in [0.2, 0.25) is 0 Å². The van der Waals surface area contributed by atoms with Crippen molar-refractivity contribution in [2.24, 2.45) is 0 Å². The van der Waals surface area contributed by atoms with Crippen molar-refractivity contribution in [1.29, 1.82) is 0 Å². The highest BCUT2D eigenvalue weighted by molar-refractivity contribution is 6.05. The quantitative estimate of drug-likeness (QED) is 0.643. The average Bonchev–Trinajstić information content (AvgIpc) is 2.49. The third-order valence-corrected chi connectivity index (χ3v) is 2.70. The van der Waals surface area contributed by atoms with Gasteiger partial charge in [-0.1, -0.05) is 0 Å². The molecule has 3 N–H and O–H groups in total. The Balaban J connectivity index is 2.23. The Labute approximate surface area is 122 Å². The highest BCUT2D eigenvalue weighted by Crippen LogP contribution is 2.22. The molecule has 112 valence electrons. The largest absolute Gasteiger partial charge is 0.382 e. The van der Waals surface area contributed by atoms with Crippen LogP contribution in [0.25, 0.3) is 0 Å². The van der Waals surface area contributed by atoms with Crippen LogP contribution in [0.5, 0.6) is 0 Å². The van der Waals surface area contributed by atoms with Gasteiger partial charge in [-0.3, -0.25) is 25.0 Å². The number of non-ortho nitro benzene ring substituents is 1. The van der Waals surface area contributed by atoms with Gasteiger partial charge in [0.1, 0.15) is 12.0 Å². The number of hydrogen-bond acceptors (Lipinski definition) is 7. The number of benzene rings is 1. The lowest BCUT2D eigenvalue weighted by Gasteiger charge is -2.07. The van der Waals surface area contributed by atoms with E-state index in [1.807, 2.05) is 0 Å². The molecule has 2 aromatic rings. The van der Waals surface area contributed by atoms with Crippen molar-refractivity contribution >= 4 is 28.8 Å². The molecule has 0 bridgehead atoms. The van der Waals surface area contributed by atoms with Gasteiger partial charge in [0.2, 0.25) is 0 Å². The Morgan fingerprint density at radius 3 is 2.23 bits per heavy atom. The average molecular weight is 303 g/mol. The molecule has 1 amide bonds. The first-order valence-electron chi connectivity index (χ1n) is 5.84. The minimum absolute atomic E-state index is 0.0162. The van der Waals surface area contributed by atoms with Crippen LogP contribution in [0.4, 0.5) is 22.9 Å². The predicted molar refractivity (Wildman–Crippen MR) is 76.4 cm³/mol. The van der Waals surface area contributed by atoms with Crippen LogP contribution in [0.3, 0.4) is 0 Å². The first-order chi connectivity index (χ1) is 10.4. The number of carbonyl (C=O) groups is 1. The van der Waals surface area contributed by atoms with E-state index in [0.29, 0.717) is 0 Å². The number of carbonyl (C=O) groups excluding carboxylic acids is 1. The van der Waals surface area contributed by atoms with Gasteiger partial charge < -0.3 is 11.1 Å². The van der Waals surface area contributed by atoms with Gasteiger partial charge in [-0.25, -0.2) is 4.98 Å². The maximum atomic E-state index is 12.0. The Hall–Kier alpha value is -3.56. The Bertz CT molecular complexity index is 759. The molecule has 0 aliphatic rings. The highest BCUT2D eigenvalue weighted by Gasteiger charge is 2.14. The summed E-state index contributed by atoms with van der Waals surface area (Å²) in [7, 11) is 0. The fourth-order valence-electron chi connectivity index (χ4n) is 1.59. The predicted octanol–water partition coefficient (Wildman–Crippen LogP) is 1.73. The van der Waals surface area contributed by atoms with E-state index in [1.54, 1.807) is 0 Å². The number of nitrogens with one attached hydrogen (secondary N) is 1. The molecule has 0 aliphatic carbocycles. The molecule has 0 radical (unpaired) electrons. The molecule has 22 heavy (non-hydrogen) atoms. The summed E-state index contributed by atoms with van der Waals surface area (Å²) in [5, 5.41) is 23.6. The Morgan fingerprint density at radius 2 is 1.68 bits per heavy atom. The van der Waals surface area contributed by atoms with Crippen molar-refractivity contribution in [3.8, 4) is 0 Å². The van der Waals surface area contributed by atoms with E-state index in [1.165, 1.54) is 24.3 Å². The molecular formula is C12H9N5O5. The highest BCUT2D eigenvalue weighted by atomic mass is 16.6. The molecule has 0 spiro atoms. The van der Waals surface area contributed by atoms with Gasteiger partial charge in [0.05, 0.1) is 15.5 Å². The van der Waals surface area contributed by atoms with Crippen molar-refractivity contribution in [3.63, 3.8) is 0 Å². The summed E-state index contributed by atoms with van der Waals surface area (Å²) in [6.07, 6.45) is 0.969. The van der Waals surface area contributed by atoms with Gasteiger partial charge in [-0.15, -0.1) is 0 Å². The minimum Gasteiger partial charge on any atom is -0.382 e. The van der Waals surface area contributed by atoms with E-state index in [9.17, 15) is 25.0 Å². The van der Waals surface area contributed by atoms with E-state index in [4.69, 9.17) is 5.73 Å². The first-order valence-corrected chi connectivity index (χ1v) is 5.84. The van der Waals surface area contributed by atoms with Crippen molar-refractivity contribution < 1.29 is 14.6 Å². The van der Waals surface area contributed by atoms with E-state index in [0.717, 1.165) is 12.3 Å². The summed E-state index contributed by atoms with van der Waals surface area (Å²) in [5.41, 5.74) is 5.18. The fraction of sp³-hybridized carbons (Fsp3) is 0. The Morgan fingerprint density at radius 1 is 1.09 bits per heavy atom. The van der Waals surface area contributed by atoms with Crippen molar-refractivity contribution in [1.82, 2.24) is 4.98 Å². The second-order valence-electron chi connectivity index (χ2n) is 4.14. The van der Waals surface area contributed by atoms with Crippen LogP contribution in [0, 0.1) is 20.2 Å². The minimum atomic E-state index is -0.673.